The lowest BCUT2D eigenvalue weighted by Gasteiger charge is -2.28. The molecule has 1 aliphatic heterocycles. The summed E-state index contributed by atoms with van der Waals surface area (Å²) in [6.45, 7) is 2.27. The maximum absolute atomic E-state index is 12.1. The molecule has 20 heavy (non-hydrogen) atoms. The van der Waals surface area contributed by atoms with E-state index in [1.807, 2.05) is 0 Å². The lowest BCUT2D eigenvalue weighted by Crippen LogP contribution is -2.49. The van der Waals surface area contributed by atoms with E-state index in [4.69, 9.17) is 10.00 Å². The number of carbonyl (C=O) groups excluding carboxylic acids is 1. The smallest absolute Gasteiger partial charge is 0.266 e. The van der Waals surface area contributed by atoms with Crippen molar-refractivity contribution in [1.29, 1.82) is 5.26 Å². The van der Waals surface area contributed by atoms with E-state index in [1.54, 1.807) is 13.0 Å². The Morgan fingerprint density at radius 3 is 3.05 bits per heavy atom. The van der Waals surface area contributed by atoms with Crippen molar-refractivity contribution < 1.29 is 14.6 Å². The third-order valence-electron chi connectivity index (χ3n) is 3.24. The fourth-order valence-corrected chi connectivity index (χ4v) is 2.05. The van der Waals surface area contributed by atoms with Crippen molar-refractivity contribution in [1.82, 2.24) is 10.3 Å². The molecule has 1 fully saturated rings. The number of ether oxygens (including phenoxy) is 1. The number of pyridine rings is 1. The van der Waals surface area contributed by atoms with Crippen LogP contribution in [0.1, 0.15) is 28.0 Å². The molecule has 0 unspecified atom stereocenters. The number of hydrogen-bond acceptors (Lipinski definition) is 5. The van der Waals surface area contributed by atoms with E-state index in [-0.39, 0.29) is 17.7 Å². The van der Waals surface area contributed by atoms with Crippen LogP contribution in [0.4, 0.5) is 0 Å². The highest BCUT2D eigenvalue weighted by molar-refractivity contribution is 5.95. The Morgan fingerprint density at radius 2 is 2.40 bits per heavy atom. The van der Waals surface area contributed by atoms with Crippen LogP contribution < -0.4 is 10.9 Å². The fourth-order valence-electron chi connectivity index (χ4n) is 2.05. The number of rotatable bonds is 2. The Kier molecular flexibility index (Phi) is 4.17. The van der Waals surface area contributed by atoms with Crippen LogP contribution in [0.25, 0.3) is 0 Å². The molecule has 0 bridgehead atoms. The SMILES string of the molecule is Cc1[nH]c(=O)c(C#N)cc1C(=O)N[C@@H]1COCC[C@H]1O. The Hall–Kier alpha value is -2.17. The summed E-state index contributed by atoms with van der Waals surface area (Å²) in [5, 5.41) is 21.2. The maximum atomic E-state index is 12.1. The van der Waals surface area contributed by atoms with Crippen molar-refractivity contribution >= 4 is 5.91 Å². The Labute approximate surface area is 115 Å². The minimum Gasteiger partial charge on any atom is -0.391 e. The number of nitrogens with one attached hydrogen (secondary N) is 2. The van der Waals surface area contributed by atoms with Crippen LogP contribution in [0.3, 0.4) is 0 Å². The number of aromatic nitrogens is 1. The first-order chi connectivity index (χ1) is 9.52. The second-order valence-electron chi connectivity index (χ2n) is 4.67. The highest BCUT2D eigenvalue weighted by atomic mass is 16.5. The van der Waals surface area contributed by atoms with Crippen LogP contribution in [0.2, 0.25) is 0 Å². The molecule has 1 saturated heterocycles. The van der Waals surface area contributed by atoms with E-state index in [1.165, 1.54) is 6.07 Å². The van der Waals surface area contributed by atoms with E-state index < -0.39 is 23.6 Å². The van der Waals surface area contributed by atoms with Gasteiger partial charge >= 0.3 is 0 Å². The molecule has 7 nitrogen and oxygen atoms in total. The molecule has 1 aromatic rings. The number of aryl methyl sites for hydroxylation is 1. The number of carbonyl (C=O) groups is 1. The van der Waals surface area contributed by atoms with Gasteiger partial charge in [0.05, 0.1) is 24.3 Å². The van der Waals surface area contributed by atoms with Crippen LogP contribution in [0.15, 0.2) is 10.9 Å². The number of nitrogens with zero attached hydrogens (tertiary/aromatic N) is 1. The summed E-state index contributed by atoms with van der Waals surface area (Å²) in [6.07, 6.45) is -0.204. The highest BCUT2D eigenvalue weighted by Crippen LogP contribution is 2.10. The number of H-pyrrole nitrogens is 1. The van der Waals surface area contributed by atoms with Gasteiger partial charge in [-0.05, 0) is 19.4 Å². The summed E-state index contributed by atoms with van der Waals surface area (Å²) in [5.41, 5.74) is -0.0691. The van der Waals surface area contributed by atoms with Gasteiger partial charge in [0.15, 0.2) is 0 Å². The van der Waals surface area contributed by atoms with Crippen LogP contribution in [-0.4, -0.2) is 41.4 Å². The van der Waals surface area contributed by atoms with Crippen molar-refractivity contribution in [3.63, 3.8) is 0 Å². The van der Waals surface area contributed by atoms with Gasteiger partial charge in [0.1, 0.15) is 11.6 Å². The highest BCUT2D eigenvalue weighted by Gasteiger charge is 2.26. The number of hydrogen-bond donors (Lipinski definition) is 3. The fraction of sp³-hybridized carbons (Fsp3) is 0.462. The largest absolute Gasteiger partial charge is 0.391 e. The van der Waals surface area contributed by atoms with Crippen molar-refractivity contribution in [2.24, 2.45) is 0 Å². The van der Waals surface area contributed by atoms with Crippen LogP contribution in [0, 0.1) is 18.3 Å². The third kappa shape index (κ3) is 2.87. The number of aliphatic hydroxyl groups is 1. The molecule has 106 valence electrons. The van der Waals surface area contributed by atoms with Crippen molar-refractivity contribution in [2.45, 2.75) is 25.5 Å². The van der Waals surface area contributed by atoms with Crippen LogP contribution in [-0.2, 0) is 4.74 Å². The third-order valence-corrected chi connectivity index (χ3v) is 3.24. The Morgan fingerprint density at radius 1 is 1.65 bits per heavy atom. The first kappa shape index (κ1) is 14.2. The molecule has 3 N–H and O–H groups in total. The van der Waals surface area contributed by atoms with Gasteiger partial charge in [0.25, 0.3) is 11.5 Å². The number of aromatic amines is 1. The van der Waals surface area contributed by atoms with E-state index in [0.29, 0.717) is 18.7 Å². The lowest BCUT2D eigenvalue weighted by atomic mass is 10.1. The van der Waals surface area contributed by atoms with Crippen LogP contribution >= 0.6 is 0 Å². The molecule has 1 aliphatic rings. The van der Waals surface area contributed by atoms with Gasteiger partial charge in [-0.25, -0.2) is 0 Å². The zero-order chi connectivity index (χ0) is 14.7. The minimum absolute atomic E-state index is 0.124. The van der Waals surface area contributed by atoms with Gasteiger partial charge in [0, 0.05) is 12.3 Å². The Balaban J connectivity index is 2.21. The van der Waals surface area contributed by atoms with Crippen molar-refractivity contribution in [2.75, 3.05) is 13.2 Å². The monoisotopic (exact) mass is 277 g/mol. The minimum atomic E-state index is -0.661. The molecule has 0 spiro atoms. The zero-order valence-electron chi connectivity index (χ0n) is 11.0. The topological polar surface area (TPSA) is 115 Å². The summed E-state index contributed by atoms with van der Waals surface area (Å²) in [4.78, 5) is 26.0. The second-order valence-corrected chi connectivity index (χ2v) is 4.67. The first-order valence-corrected chi connectivity index (χ1v) is 6.23. The summed E-state index contributed by atoms with van der Waals surface area (Å²) in [5.74, 6) is -0.454. The summed E-state index contributed by atoms with van der Waals surface area (Å²) >= 11 is 0. The van der Waals surface area contributed by atoms with Gasteiger partial charge in [-0.2, -0.15) is 5.26 Å². The molecule has 1 amide bonds. The standard InChI is InChI=1S/C13H15N3O4/c1-7-9(4-8(5-14)12(18)15-7)13(19)16-10-6-20-3-2-11(10)17/h4,10-11,17H,2-3,6H2,1H3,(H,15,18)(H,16,19)/t10-,11-/m1/s1. The lowest BCUT2D eigenvalue weighted by molar-refractivity contribution is -0.0140. The normalized spacial score (nSPS) is 22.1. The molecule has 0 aromatic carbocycles. The van der Waals surface area contributed by atoms with E-state index in [2.05, 4.69) is 10.3 Å². The number of amides is 1. The Bertz CT molecular complexity index is 617. The van der Waals surface area contributed by atoms with Crippen molar-refractivity contribution in [3.8, 4) is 6.07 Å². The molecule has 2 atom stereocenters. The van der Waals surface area contributed by atoms with Crippen LogP contribution in [0.5, 0.6) is 0 Å². The predicted octanol–water partition coefficient (Wildman–Crippen LogP) is -0.565. The molecule has 0 saturated carbocycles. The quantitative estimate of drug-likeness (QED) is 0.670. The van der Waals surface area contributed by atoms with Gasteiger partial charge in [-0.15, -0.1) is 0 Å². The van der Waals surface area contributed by atoms with Gasteiger partial charge < -0.3 is 20.1 Å². The molecule has 0 aliphatic carbocycles. The predicted molar refractivity (Wildman–Crippen MR) is 69.2 cm³/mol. The molecular weight excluding hydrogens is 262 g/mol. The van der Waals surface area contributed by atoms with Crippen molar-refractivity contribution in [3.05, 3.63) is 33.2 Å². The summed E-state index contributed by atoms with van der Waals surface area (Å²) in [6, 6.07) is 2.49. The first-order valence-electron chi connectivity index (χ1n) is 6.23. The molecule has 0 radical (unpaired) electrons. The summed E-state index contributed by atoms with van der Waals surface area (Å²) in [7, 11) is 0. The molecule has 1 aromatic heterocycles. The van der Waals surface area contributed by atoms with Gasteiger partial charge in [-0.1, -0.05) is 0 Å². The van der Waals surface area contributed by atoms with E-state index in [9.17, 15) is 14.7 Å². The van der Waals surface area contributed by atoms with E-state index >= 15 is 0 Å². The molecule has 2 heterocycles. The second kappa shape index (κ2) is 5.86. The molecular formula is C13H15N3O4. The molecule has 2 rings (SSSR count). The summed E-state index contributed by atoms with van der Waals surface area (Å²) < 4.78 is 5.20. The number of aliphatic hydroxyl groups excluding tert-OH is 1. The average Bonchev–Trinajstić information content (AvgIpc) is 2.41. The van der Waals surface area contributed by atoms with E-state index in [0.717, 1.165) is 0 Å². The molecule has 7 heteroatoms. The maximum Gasteiger partial charge on any atom is 0.266 e. The zero-order valence-corrected chi connectivity index (χ0v) is 11.0. The number of nitriles is 1. The van der Waals surface area contributed by atoms with Gasteiger partial charge in [0.2, 0.25) is 0 Å². The van der Waals surface area contributed by atoms with Gasteiger partial charge in [-0.3, -0.25) is 9.59 Å². The average molecular weight is 277 g/mol.